The van der Waals surface area contributed by atoms with E-state index < -0.39 is 28.5 Å². The number of amides is 2. The van der Waals surface area contributed by atoms with Crippen LogP contribution >= 0.6 is 27.5 Å². The number of likely N-dealkylation sites (N-methyl/N-ethyl adjacent to an activating group) is 1. The van der Waals surface area contributed by atoms with Gasteiger partial charge in [0.15, 0.2) is 0 Å². The quantitative estimate of drug-likeness (QED) is 0.196. The molecule has 1 atom stereocenters. The van der Waals surface area contributed by atoms with Crippen LogP contribution in [-0.4, -0.2) is 51.9 Å². The lowest BCUT2D eigenvalue weighted by Gasteiger charge is -2.33. The molecule has 230 valence electrons. The van der Waals surface area contributed by atoms with Crippen molar-refractivity contribution in [3.05, 3.63) is 123 Å². The highest BCUT2D eigenvalue weighted by atomic mass is 79.9. The number of ether oxygens (including phenoxy) is 1. The van der Waals surface area contributed by atoms with Gasteiger partial charge in [0, 0.05) is 24.5 Å². The average molecular weight is 699 g/mol. The van der Waals surface area contributed by atoms with Gasteiger partial charge in [-0.05, 0) is 60.5 Å². The fraction of sp³-hybridized carbons (Fsp3) is 0.212. The smallest absolute Gasteiger partial charge is 0.264 e. The first-order valence-electron chi connectivity index (χ1n) is 13.8. The Bertz CT molecular complexity index is 1700. The number of rotatable bonds is 12. The van der Waals surface area contributed by atoms with E-state index in [1.807, 2.05) is 61.5 Å². The van der Waals surface area contributed by atoms with E-state index in [0.717, 1.165) is 25.5 Å². The number of hydrogen-bond donors (Lipinski definition) is 1. The molecule has 4 aromatic rings. The number of methoxy groups -OCH3 is 1. The molecule has 0 saturated carbocycles. The van der Waals surface area contributed by atoms with Crippen LogP contribution in [0.1, 0.15) is 16.7 Å². The summed E-state index contributed by atoms with van der Waals surface area (Å²) in [6.07, 6.45) is 0.224. The number of nitrogens with zero attached hydrogens (tertiary/aromatic N) is 2. The molecule has 0 heterocycles. The maximum atomic E-state index is 14.4. The molecule has 11 heteroatoms. The molecule has 0 fully saturated rings. The number of benzene rings is 4. The zero-order valence-electron chi connectivity index (χ0n) is 24.5. The summed E-state index contributed by atoms with van der Waals surface area (Å²) in [4.78, 5) is 29.2. The number of nitrogens with one attached hydrogen (secondary N) is 1. The molecule has 0 saturated heterocycles. The zero-order chi connectivity index (χ0) is 31.9. The molecule has 4 rings (SSSR count). The molecule has 0 aromatic heterocycles. The minimum absolute atomic E-state index is 0.00874. The number of hydrogen-bond acceptors (Lipinski definition) is 5. The molecule has 0 aliphatic heterocycles. The van der Waals surface area contributed by atoms with E-state index >= 15 is 0 Å². The Kier molecular flexibility index (Phi) is 11.1. The van der Waals surface area contributed by atoms with Crippen molar-refractivity contribution >= 4 is 55.1 Å². The molecule has 2 amide bonds. The maximum Gasteiger partial charge on any atom is 0.264 e. The number of carbonyl (C=O) groups excluding carboxylic acids is 2. The monoisotopic (exact) mass is 697 g/mol. The first-order valence-corrected chi connectivity index (χ1v) is 16.4. The summed E-state index contributed by atoms with van der Waals surface area (Å²) in [5.41, 5.74) is 2.67. The summed E-state index contributed by atoms with van der Waals surface area (Å²) in [5.74, 6) is -0.589. The highest BCUT2D eigenvalue weighted by Gasteiger charge is 2.34. The number of sulfonamides is 1. The molecule has 4 aromatic carbocycles. The van der Waals surface area contributed by atoms with Crippen molar-refractivity contribution in [3.63, 3.8) is 0 Å². The lowest BCUT2D eigenvalue weighted by molar-refractivity contribution is -0.139. The van der Waals surface area contributed by atoms with E-state index in [-0.39, 0.29) is 34.5 Å². The second kappa shape index (κ2) is 14.7. The summed E-state index contributed by atoms with van der Waals surface area (Å²) in [6.45, 7) is 1.34. The van der Waals surface area contributed by atoms with Crippen molar-refractivity contribution in [3.8, 4) is 5.75 Å². The van der Waals surface area contributed by atoms with Crippen LogP contribution in [-0.2, 0) is 32.6 Å². The van der Waals surface area contributed by atoms with Gasteiger partial charge in [0.2, 0.25) is 11.8 Å². The van der Waals surface area contributed by atoms with Gasteiger partial charge in [0.1, 0.15) is 18.3 Å². The van der Waals surface area contributed by atoms with E-state index in [9.17, 15) is 18.0 Å². The predicted octanol–water partition coefficient (Wildman–Crippen LogP) is 6.00. The van der Waals surface area contributed by atoms with Crippen LogP contribution in [0.3, 0.4) is 0 Å². The molecule has 44 heavy (non-hydrogen) atoms. The van der Waals surface area contributed by atoms with Gasteiger partial charge >= 0.3 is 0 Å². The first kappa shape index (κ1) is 33.0. The fourth-order valence-corrected chi connectivity index (χ4v) is 6.61. The Labute approximate surface area is 271 Å². The van der Waals surface area contributed by atoms with Gasteiger partial charge in [0.05, 0.1) is 22.7 Å². The van der Waals surface area contributed by atoms with Crippen molar-refractivity contribution < 1.29 is 22.7 Å². The fourth-order valence-electron chi connectivity index (χ4n) is 4.68. The summed E-state index contributed by atoms with van der Waals surface area (Å²) >= 11 is 9.85. The van der Waals surface area contributed by atoms with E-state index in [2.05, 4.69) is 21.2 Å². The standard InChI is InChI=1S/C33H33BrClN3O5S/c1-23-9-16-28(17-10-23)44(41,42)38(27-15-18-31(43-3)29(35)20-27)22-32(39)37(21-25-11-13-26(34)14-12-25)30(33(40)36-2)19-24-7-5-4-6-8-24/h4-18,20,30H,19,21-22H2,1-3H3,(H,36,40). The van der Waals surface area contributed by atoms with Gasteiger partial charge in [-0.3, -0.25) is 13.9 Å². The van der Waals surface area contributed by atoms with Gasteiger partial charge < -0.3 is 15.0 Å². The Morgan fingerprint density at radius 1 is 0.932 bits per heavy atom. The van der Waals surface area contributed by atoms with E-state index in [1.165, 1.54) is 43.3 Å². The van der Waals surface area contributed by atoms with Crippen LogP contribution in [0.2, 0.25) is 5.02 Å². The van der Waals surface area contributed by atoms with E-state index in [0.29, 0.717) is 5.75 Å². The third kappa shape index (κ3) is 7.99. The third-order valence-electron chi connectivity index (χ3n) is 7.09. The number of anilines is 1. The molecule has 0 spiro atoms. The Hall–Kier alpha value is -3.86. The Morgan fingerprint density at radius 3 is 2.18 bits per heavy atom. The summed E-state index contributed by atoms with van der Waals surface area (Å²) in [7, 11) is -1.28. The van der Waals surface area contributed by atoms with Crippen LogP contribution in [0.25, 0.3) is 0 Å². The summed E-state index contributed by atoms with van der Waals surface area (Å²) in [5, 5.41) is 2.86. The average Bonchev–Trinajstić information content (AvgIpc) is 3.02. The molecule has 1 unspecified atom stereocenters. The second-order valence-corrected chi connectivity index (χ2v) is 13.3. The maximum absolute atomic E-state index is 14.4. The Morgan fingerprint density at radius 2 is 1.59 bits per heavy atom. The normalized spacial score (nSPS) is 11.8. The molecule has 1 N–H and O–H groups in total. The second-order valence-electron chi connectivity index (χ2n) is 10.1. The predicted molar refractivity (Wildman–Crippen MR) is 176 cm³/mol. The molecule has 0 aliphatic carbocycles. The number of carbonyl (C=O) groups is 2. The van der Waals surface area contributed by atoms with Gasteiger partial charge in [-0.2, -0.15) is 0 Å². The van der Waals surface area contributed by atoms with Crippen molar-refractivity contribution in [2.45, 2.75) is 30.8 Å². The topological polar surface area (TPSA) is 96.0 Å². The molecular formula is C33H33BrClN3O5S. The summed E-state index contributed by atoms with van der Waals surface area (Å²) in [6, 6.07) is 26.7. The highest BCUT2D eigenvalue weighted by Crippen LogP contribution is 2.32. The zero-order valence-corrected chi connectivity index (χ0v) is 27.7. The largest absolute Gasteiger partial charge is 0.495 e. The van der Waals surface area contributed by atoms with Gasteiger partial charge in [0.25, 0.3) is 10.0 Å². The first-order chi connectivity index (χ1) is 21.0. The van der Waals surface area contributed by atoms with E-state index in [4.69, 9.17) is 16.3 Å². The highest BCUT2D eigenvalue weighted by molar-refractivity contribution is 9.10. The minimum Gasteiger partial charge on any atom is -0.495 e. The van der Waals surface area contributed by atoms with Crippen molar-refractivity contribution in [2.75, 3.05) is 25.0 Å². The summed E-state index contributed by atoms with van der Waals surface area (Å²) < 4.78 is 35.4. The van der Waals surface area contributed by atoms with Crippen LogP contribution in [0.5, 0.6) is 5.75 Å². The minimum atomic E-state index is -4.25. The van der Waals surface area contributed by atoms with Crippen molar-refractivity contribution in [1.82, 2.24) is 10.2 Å². The van der Waals surface area contributed by atoms with Crippen LogP contribution < -0.4 is 14.4 Å². The van der Waals surface area contributed by atoms with E-state index in [1.54, 1.807) is 18.2 Å². The van der Waals surface area contributed by atoms with Gasteiger partial charge in [-0.15, -0.1) is 0 Å². The molecular weight excluding hydrogens is 666 g/mol. The lowest BCUT2D eigenvalue weighted by Crippen LogP contribution is -2.53. The van der Waals surface area contributed by atoms with Crippen LogP contribution in [0, 0.1) is 6.92 Å². The van der Waals surface area contributed by atoms with Gasteiger partial charge in [-0.25, -0.2) is 8.42 Å². The SMILES string of the molecule is CNC(=O)C(Cc1ccccc1)N(Cc1ccc(Br)cc1)C(=O)CN(c1ccc(OC)c(Cl)c1)S(=O)(=O)c1ccc(C)cc1. The number of halogens is 2. The third-order valence-corrected chi connectivity index (χ3v) is 9.71. The van der Waals surface area contributed by atoms with Crippen LogP contribution in [0.4, 0.5) is 5.69 Å². The lowest BCUT2D eigenvalue weighted by atomic mass is 10.0. The molecule has 0 bridgehead atoms. The number of aryl methyl sites for hydroxylation is 1. The van der Waals surface area contributed by atoms with Gasteiger partial charge in [-0.1, -0.05) is 87.7 Å². The molecule has 8 nitrogen and oxygen atoms in total. The van der Waals surface area contributed by atoms with Crippen LogP contribution in [0.15, 0.2) is 106 Å². The molecule has 0 radical (unpaired) electrons. The molecule has 0 aliphatic rings. The van der Waals surface area contributed by atoms with Crippen molar-refractivity contribution in [2.24, 2.45) is 0 Å². The Balaban J connectivity index is 1.80. The van der Waals surface area contributed by atoms with Crippen molar-refractivity contribution in [1.29, 1.82) is 0 Å².